The molecule has 20 heavy (non-hydrogen) atoms. The van der Waals surface area contributed by atoms with Crippen molar-refractivity contribution in [1.82, 2.24) is 4.98 Å². The Balaban J connectivity index is 1.84. The summed E-state index contributed by atoms with van der Waals surface area (Å²) in [5.74, 6) is 2.48. The molecule has 5 nitrogen and oxygen atoms in total. The van der Waals surface area contributed by atoms with E-state index in [9.17, 15) is 5.11 Å². The molecule has 1 aromatic carbocycles. The van der Waals surface area contributed by atoms with Crippen LogP contribution in [-0.4, -0.2) is 42.5 Å². The predicted molar refractivity (Wildman–Crippen MR) is 75.6 cm³/mol. The maximum Gasteiger partial charge on any atom is 0.162 e. The van der Waals surface area contributed by atoms with Crippen LogP contribution in [0.4, 0.5) is 5.82 Å². The number of hydrogen-bond acceptors (Lipinski definition) is 5. The molecule has 2 aliphatic heterocycles. The number of rotatable bonds is 1. The Bertz CT molecular complexity index is 659. The van der Waals surface area contributed by atoms with Crippen molar-refractivity contribution in [3.05, 3.63) is 24.4 Å². The van der Waals surface area contributed by atoms with Crippen LogP contribution in [0.25, 0.3) is 10.8 Å². The molecule has 1 saturated heterocycles. The summed E-state index contributed by atoms with van der Waals surface area (Å²) < 4.78 is 11.3. The maximum atomic E-state index is 9.71. The Morgan fingerprint density at radius 3 is 2.75 bits per heavy atom. The molecule has 0 amide bonds. The summed E-state index contributed by atoms with van der Waals surface area (Å²) in [6.45, 7) is 2.65. The summed E-state index contributed by atoms with van der Waals surface area (Å²) in [6.07, 6.45) is 2.34. The lowest BCUT2D eigenvalue weighted by atomic mass is 10.1. The highest BCUT2D eigenvalue weighted by molar-refractivity contribution is 5.94. The van der Waals surface area contributed by atoms with Crippen LogP contribution in [0.1, 0.15) is 6.42 Å². The summed E-state index contributed by atoms with van der Waals surface area (Å²) in [6, 6.07) is 5.97. The molecule has 2 aromatic rings. The molecule has 4 rings (SSSR count). The molecule has 0 saturated carbocycles. The van der Waals surface area contributed by atoms with E-state index in [1.807, 2.05) is 18.2 Å². The van der Waals surface area contributed by atoms with E-state index in [0.717, 1.165) is 41.1 Å². The van der Waals surface area contributed by atoms with E-state index in [0.29, 0.717) is 19.8 Å². The minimum absolute atomic E-state index is 0.260. The molecule has 1 N–H and O–H groups in total. The highest BCUT2D eigenvalue weighted by Gasteiger charge is 2.23. The van der Waals surface area contributed by atoms with Crippen LogP contribution in [0.5, 0.6) is 11.5 Å². The number of β-amino-alcohol motifs (C(OH)–C–C–N with tert-alkyl or cyclic N) is 1. The number of aromatic nitrogens is 1. The minimum atomic E-state index is -0.260. The van der Waals surface area contributed by atoms with Gasteiger partial charge in [-0.1, -0.05) is 0 Å². The van der Waals surface area contributed by atoms with Crippen molar-refractivity contribution < 1.29 is 14.6 Å². The van der Waals surface area contributed by atoms with E-state index in [1.165, 1.54) is 0 Å². The van der Waals surface area contributed by atoms with Gasteiger partial charge >= 0.3 is 0 Å². The standard InChI is InChI=1S/C15H16N2O3/c18-11-2-4-17(9-11)15-12-8-14-13(19-5-6-20-14)7-10(12)1-3-16-15/h1,3,7-8,11,18H,2,4-6,9H2. The van der Waals surface area contributed by atoms with E-state index in [1.54, 1.807) is 6.20 Å². The Morgan fingerprint density at radius 1 is 1.20 bits per heavy atom. The fourth-order valence-corrected chi connectivity index (χ4v) is 2.88. The van der Waals surface area contributed by atoms with Crippen molar-refractivity contribution in [3.8, 4) is 11.5 Å². The molecule has 2 aliphatic rings. The molecule has 104 valence electrons. The van der Waals surface area contributed by atoms with E-state index < -0.39 is 0 Å². The number of aliphatic hydroxyl groups excluding tert-OH is 1. The number of nitrogens with zero attached hydrogens (tertiary/aromatic N) is 2. The van der Waals surface area contributed by atoms with Crippen molar-refractivity contribution in [2.45, 2.75) is 12.5 Å². The van der Waals surface area contributed by atoms with E-state index in [-0.39, 0.29) is 6.10 Å². The smallest absolute Gasteiger partial charge is 0.162 e. The molecule has 0 spiro atoms. The highest BCUT2D eigenvalue weighted by atomic mass is 16.6. The quantitative estimate of drug-likeness (QED) is 0.854. The van der Waals surface area contributed by atoms with Crippen molar-refractivity contribution in [1.29, 1.82) is 0 Å². The normalized spacial score (nSPS) is 21.4. The fourth-order valence-electron chi connectivity index (χ4n) is 2.88. The Kier molecular flexibility index (Phi) is 2.67. The van der Waals surface area contributed by atoms with Gasteiger partial charge in [0, 0.05) is 24.7 Å². The van der Waals surface area contributed by atoms with Gasteiger partial charge in [-0.25, -0.2) is 4.98 Å². The van der Waals surface area contributed by atoms with Gasteiger partial charge in [-0.2, -0.15) is 0 Å². The zero-order chi connectivity index (χ0) is 13.5. The third kappa shape index (κ3) is 1.86. The number of ether oxygens (including phenoxy) is 2. The van der Waals surface area contributed by atoms with Crippen LogP contribution < -0.4 is 14.4 Å². The molecule has 0 bridgehead atoms. The molecule has 1 fully saturated rings. The molecule has 0 aliphatic carbocycles. The number of pyridine rings is 1. The zero-order valence-corrected chi connectivity index (χ0v) is 11.1. The van der Waals surface area contributed by atoms with Crippen molar-refractivity contribution >= 4 is 16.6 Å². The molecular formula is C15H16N2O3. The first kappa shape index (κ1) is 11.8. The van der Waals surface area contributed by atoms with Gasteiger partial charge in [0.25, 0.3) is 0 Å². The van der Waals surface area contributed by atoms with Crippen LogP contribution in [-0.2, 0) is 0 Å². The van der Waals surface area contributed by atoms with Gasteiger partial charge in [0.2, 0.25) is 0 Å². The number of hydrogen-bond donors (Lipinski definition) is 1. The second kappa shape index (κ2) is 4.52. The van der Waals surface area contributed by atoms with Crippen LogP contribution in [0.3, 0.4) is 0 Å². The Labute approximate surface area is 116 Å². The van der Waals surface area contributed by atoms with Crippen LogP contribution in [0.15, 0.2) is 24.4 Å². The SMILES string of the molecule is OC1CCN(c2nccc3cc4c(cc23)OCCO4)C1. The number of aliphatic hydroxyl groups is 1. The van der Waals surface area contributed by atoms with Crippen molar-refractivity contribution in [3.63, 3.8) is 0 Å². The summed E-state index contributed by atoms with van der Waals surface area (Å²) in [5, 5.41) is 11.8. The van der Waals surface area contributed by atoms with Gasteiger partial charge in [-0.05, 0) is 30.0 Å². The third-order valence-corrected chi connectivity index (χ3v) is 3.87. The van der Waals surface area contributed by atoms with Gasteiger partial charge < -0.3 is 19.5 Å². The van der Waals surface area contributed by atoms with Crippen molar-refractivity contribution in [2.24, 2.45) is 0 Å². The molecule has 5 heteroatoms. The van der Waals surface area contributed by atoms with Crippen LogP contribution in [0, 0.1) is 0 Å². The topological polar surface area (TPSA) is 54.8 Å². The summed E-state index contributed by atoms with van der Waals surface area (Å²) >= 11 is 0. The first-order chi connectivity index (χ1) is 9.81. The fraction of sp³-hybridized carbons (Fsp3) is 0.400. The summed E-state index contributed by atoms with van der Waals surface area (Å²) in [5.41, 5.74) is 0. The molecule has 1 aromatic heterocycles. The Morgan fingerprint density at radius 2 is 2.00 bits per heavy atom. The lowest BCUT2D eigenvalue weighted by molar-refractivity contribution is 0.172. The van der Waals surface area contributed by atoms with Gasteiger partial charge in [0.05, 0.1) is 6.10 Å². The monoisotopic (exact) mass is 272 g/mol. The number of anilines is 1. The van der Waals surface area contributed by atoms with Crippen LogP contribution >= 0.6 is 0 Å². The van der Waals surface area contributed by atoms with Crippen LogP contribution in [0.2, 0.25) is 0 Å². The van der Waals surface area contributed by atoms with E-state index in [2.05, 4.69) is 9.88 Å². The average molecular weight is 272 g/mol. The molecule has 3 heterocycles. The molecular weight excluding hydrogens is 256 g/mol. The predicted octanol–water partition coefficient (Wildman–Crippen LogP) is 1.58. The van der Waals surface area contributed by atoms with Gasteiger partial charge in [-0.3, -0.25) is 0 Å². The average Bonchev–Trinajstić information content (AvgIpc) is 2.91. The zero-order valence-electron chi connectivity index (χ0n) is 11.1. The number of fused-ring (bicyclic) bond motifs is 2. The lowest BCUT2D eigenvalue weighted by Gasteiger charge is -2.22. The molecule has 0 radical (unpaired) electrons. The number of benzene rings is 1. The second-order valence-corrected chi connectivity index (χ2v) is 5.24. The van der Waals surface area contributed by atoms with Gasteiger partial charge in [0.1, 0.15) is 19.0 Å². The second-order valence-electron chi connectivity index (χ2n) is 5.24. The Hall–Kier alpha value is -2.01. The summed E-state index contributed by atoms with van der Waals surface area (Å²) in [7, 11) is 0. The highest BCUT2D eigenvalue weighted by Crippen LogP contribution is 2.37. The molecule has 1 unspecified atom stereocenters. The van der Waals surface area contributed by atoms with Gasteiger partial charge in [-0.15, -0.1) is 0 Å². The third-order valence-electron chi connectivity index (χ3n) is 3.87. The van der Waals surface area contributed by atoms with E-state index >= 15 is 0 Å². The van der Waals surface area contributed by atoms with Gasteiger partial charge in [0.15, 0.2) is 11.5 Å². The maximum absolute atomic E-state index is 9.71. The minimum Gasteiger partial charge on any atom is -0.486 e. The largest absolute Gasteiger partial charge is 0.486 e. The molecule has 1 atom stereocenters. The first-order valence-corrected chi connectivity index (χ1v) is 6.92. The van der Waals surface area contributed by atoms with Crippen molar-refractivity contribution in [2.75, 3.05) is 31.2 Å². The lowest BCUT2D eigenvalue weighted by Crippen LogP contribution is -2.22. The van der Waals surface area contributed by atoms with E-state index in [4.69, 9.17) is 9.47 Å². The summed E-state index contributed by atoms with van der Waals surface area (Å²) in [4.78, 5) is 6.62. The first-order valence-electron chi connectivity index (χ1n) is 6.92.